The Morgan fingerprint density at radius 1 is 1.35 bits per heavy atom. The van der Waals surface area contributed by atoms with Crippen molar-refractivity contribution in [3.05, 3.63) is 45.4 Å². The molecule has 8 heteroatoms. The standard InChI is InChI=1S/C11H8BrClF2N2.CO2/c1-2-10-16-5-9(13)17(10)11-7(14)3-6(12)4-8(11)15;2-1-3/h3-5H,2H2,1H3;. The summed E-state index contributed by atoms with van der Waals surface area (Å²) in [6.45, 7) is 1.84. The number of benzene rings is 1. The van der Waals surface area contributed by atoms with Crippen LogP contribution in [-0.2, 0) is 16.0 Å². The van der Waals surface area contributed by atoms with Gasteiger partial charge in [-0.15, -0.1) is 0 Å². The fraction of sp³-hybridized carbons (Fsp3) is 0.167. The second-order valence-corrected chi connectivity index (χ2v) is 4.79. The van der Waals surface area contributed by atoms with Gasteiger partial charge < -0.3 is 0 Å². The monoisotopic (exact) mass is 364 g/mol. The summed E-state index contributed by atoms with van der Waals surface area (Å²) in [6, 6.07) is 2.38. The van der Waals surface area contributed by atoms with Gasteiger partial charge in [0.25, 0.3) is 0 Å². The number of nitrogens with zero attached hydrogens (tertiary/aromatic N) is 2. The predicted octanol–water partition coefficient (Wildman–Crippen LogP) is 3.55. The third-order valence-corrected chi connectivity index (χ3v) is 3.04. The Labute approximate surface area is 126 Å². The maximum Gasteiger partial charge on any atom is 0.373 e. The summed E-state index contributed by atoms with van der Waals surface area (Å²) < 4.78 is 29.2. The Kier molecular flexibility index (Phi) is 6.01. The molecule has 0 radical (unpaired) electrons. The molecule has 0 saturated carbocycles. The van der Waals surface area contributed by atoms with Gasteiger partial charge in [0.15, 0.2) is 11.6 Å². The lowest BCUT2D eigenvalue weighted by molar-refractivity contribution is -0.191. The summed E-state index contributed by atoms with van der Waals surface area (Å²) in [5.41, 5.74) is -0.201. The van der Waals surface area contributed by atoms with Crippen molar-refractivity contribution in [1.82, 2.24) is 9.55 Å². The van der Waals surface area contributed by atoms with Crippen molar-refractivity contribution in [2.24, 2.45) is 0 Å². The first-order valence-electron chi connectivity index (χ1n) is 5.32. The Balaban J connectivity index is 0.000000612. The third kappa shape index (κ3) is 3.50. The van der Waals surface area contributed by atoms with Crippen LogP contribution in [-0.4, -0.2) is 15.7 Å². The number of carbonyl (C=O) groups excluding carboxylic acids is 2. The van der Waals surface area contributed by atoms with Crippen molar-refractivity contribution in [3.8, 4) is 5.69 Å². The van der Waals surface area contributed by atoms with Crippen LogP contribution in [0.1, 0.15) is 12.7 Å². The average molecular weight is 366 g/mol. The topological polar surface area (TPSA) is 52.0 Å². The summed E-state index contributed by atoms with van der Waals surface area (Å²) in [6.07, 6.45) is 2.16. The quantitative estimate of drug-likeness (QED) is 0.818. The Morgan fingerprint density at radius 2 is 1.85 bits per heavy atom. The highest BCUT2D eigenvalue weighted by Crippen LogP contribution is 2.27. The molecule has 2 rings (SSSR count). The fourth-order valence-electron chi connectivity index (χ4n) is 1.60. The van der Waals surface area contributed by atoms with Crippen molar-refractivity contribution >= 4 is 33.7 Å². The minimum absolute atomic E-state index is 0.182. The van der Waals surface area contributed by atoms with Crippen LogP contribution in [0.25, 0.3) is 5.69 Å². The molecule has 0 unspecified atom stereocenters. The molecule has 0 amide bonds. The summed E-state index contributed by atoms with van der Waals surface area (Å²) in [5, 5.41) is 0.182. The first kappa shape index (κ1) is 16.5. The lowest BCUT2D eigenvalue weighted by Gasteiger charge is -2.10. The number of halogens is 4. The predicted molar refractivity (Wildman–Crippen MR) is 70.6 cm³/mol. The lowest BCUT2D eigenvalue weighted by atomic mass is 10.2. The summed E-state index contributed by atoms with van der Waals surface area (Å²) in [4.78, 5) is 20.3. The summed E-state index contributed by atoms with van der Waals surface area (Å²) >= 11 is 8.92. The Hall–Kier alpha value is -1.56. The Bertz CT molecular complexity index is 632. The first-order valence-corrected chi connectivity index (χ1v) is 6.49. The molecule has 0 bridgehead atoms. The molecule has 0 atom stereocenters. The van der Waals surface area contributed by atoms with Crippen molar-refractivity contribution in [2.45, 2.75) is 13.3 Å². The lowest BCUT2D eigenvalue weighted by Crippen LogP contribution is -2.06. The van der Waals surface area contributed by atoms with Crippen LogP contribution in [0.2, 0.25) is 5.15 Å². The van der Waals surface area contributed by atoms with Crippen LogP contribution in [0.5, 0.6) is 0 Å². The second kappa shape index (κ2) is 7.28. The number of imidazole rings is 1. The zero-order valence-corrected chi connectivity index (χ0v) is 12.5. The molecule has 0 saturated heterocycles. The van der Waals surface area contributed by atoms with Crippen LogP contribution in [0.3, 0.4) is 0 Å². The van der Waals surface area contributed by atoms with Gasteiger partial charge in [0.1, 0.15) is 16.7 Å². The normalized spacial score (nSPS) is 9.65. The average Bonchev–Trinajstić information content (AvgIpc) is 2.71. The molecule has 0 aliphatic heterocycles. The smallest absolute Gasteiger partial charge is 0.281 e. The molecule has 2 aromatic rings. The van der Waals surface area contributed by atoms with Crippen LogP contribution in [0, 0.1) is 11.6 Å². The number of hydrogen-bond donors (Lipinski definition) is 0. The van der Waals surface area contributed by atoms with Crippen molar-refractivity contribution in [1.29, 1.82) is 0 Å². The number of aromatic nitrogens is 2. The van der Waals surface area contributed by atoms with Gasteiger partial charge in [0.05, 0.1) is 6.20 Å². The van der Waals surface area contributed by atoms with E-state index in [0.29, 0.717) is 16.7 Å². The van der Waals surface area contributed by atoms with E-state index >= 15 is 0 Å². The largest absolute Gasteiger partial charge is 0.373 e. The zero-order valence-electron chi connectivity index (χ0n) is 10.2. The van der Waals surface area contributed by atoms with Crippen LogP contribution in [0.15, 0.2) is 22.8 Å². The van der Waals surface area contributed by atoms with Gasteiger partial charge in [0, 0.05) is 10.9 Å². The van der Waals surface area contributed by atoms with E-state index in [2.05, 4.69) is 20.9 Å². The minimum Gasteiger partial charge on any atom is -0.281 e. The molecular formula is C12H8BrClF2N2O2. The highest BCUT2D eigenvalue weighted by atomic mass is 79.9. The van der Waals surface area contributed by atoms with E-state index in [-0.39, 0.29) is 17.0 Å². The Morgan fingerprint density at radius 3 is 2.30 bits per heavy atom. The molecular weight excluding hydrogens is 357 g/mol. The van der Waals surface area contributed by atoms with E-state index in [1.54, 1.807) is 0 Å². The van der Waals surface area contributed by atoms with Crippen molar-refractivity contribution in [2.75, 3.05) is 0 Å². The number of hydrogen-bond acceptors (Lipinski definition) is 3. The number of rotatable bonds is 2. The maximum atomic E-state index is 13.8. The second-order valence-electron chi connectivity index (χ2n) is 3.49. The summed E-state index contributed by atoms with van der Waals surface area (Å²) in [7, 11) is 0. The molecule has 106 valence electrons. The van der Waals surface area contributed by atoms with Gasteiger partial charge in [-0.3, -0.25) is 4.57 Å². The van der Waals surface area contributed by atoms with Gasteiger partial charge in [-0.25, -0.2) is 13.8 Å². The van der Waals surface area contributed by atoms with Crippen molar-refractivity contribution in [3.63, 3.8) is 0 Å². The SMILES string of the molecule is CCc1ncc(Cl)n1-c1c(F)cc(Br)cc1F.O=C=O. The fourth-order valence-corrected chi connectivity index (χ4v) is 2.23. The molecule has 1 heterocycles. The van der Waals surface area contributed by atoms with Crippen LogP contribution in [0.4, 0.5) is 8.78 Å². The summed E-state index contributed by atoms with van der Waals surface area (Å²) in [5.74, 6) is -0.868. The third-order valence-electron chi connectivity index (χ3n) is 2.31. The highest BCUT2D eigenvalue weighted by molar-refractivity contribution is 9.10. The molecule has 0 aliphatic rings. The molecule has 0 N–H and O–H groups in total. The molecule has 0 aliphatic carbocycles. The van der Waals surface area contributed by atoms with Gasteiger partial charge in [-0.2, -0.15) is 9.59 Å². The van der Waals surface area contributed by atoms with E-state index in [1.807, 2.05) is 6.92 Å². The van der Waals surface area contributed by atoms with E-state index in [9.17, 15) is 8.78 Å². The molecule has 1 aromatic heterocycles. The molecule has 0 fully saturated rings. The van der Waals surface area contributed by atoms with Crippen molar-refractivity contribution < 1.29 is 18.4 Å². The van der Waals surface area contributed by atoms with Gasteiger partial charge in [-0.1, -0.05) is 34.5 Å². The van der Waals surface area contributed by atoms with Gasteiger partial charge >= 0.3 is 6.15 Å². The first-order chi connectivity index (χ1) is 9.46. The van der Waals surface area contributed by atoms with E-state index < -0.39 is 11.6 Å². The molecule has 20 heavy (non-hydrogen) atoms. The minimum atomic E-state index is -0.688. The molecule has 4 nitrogen and oxygen atoms in total. The molecule has 1 aromatic carbocycles. The van der Waals surface area contributed by atoms with Crippen LogP contribution < -0.4 is 0 Å². The highest BCUT2D eigenvalue weighted by Gasteiger charge is 2.18. The molecule has 0 spiro atoms. The van der Waals surface area contributed by atoms with Gasteiger partial charge in [-0.05, 0) is 12.1 Å². The van der Waals surface area contributed by atoms with E-state index in [4.69, 9.17) is 21.2 Å². The van der Waals surface area contributed by atoms with Gasteiger partial charge in [0.2, 0.25) is 0 Å². The zero-order chi connectivity index (χ0) is 15.3. The van der Waals surface area contributed by atoms with E-state index in [1.165, 1.54) is 22.9 Å². The number of aryl methyl sites for hydroxylation is 1. The maximum absolute atomic E-state index is 13.8. The van der Waals surface area contributed by atoms with Crippen LogP contribution >= 0.6 is 27.5 Å². The van der Waals surface area contributed by atoms with E-state index in [0.717, 1.165) is 0 Å².